The Balaban J connectivity index is 3.13. The van der Waals surface area contributed by atoms with E-state index >= 15 is 0 Å². The van der Waals surface area contributed by atoms with Crippen molar-refractivity contribution < 1.29 is 14.3 Å². The fraction of sp³-hybridized carbons (Fsp3) is 0.529. The molecule has 1 unspecified atom stereocenters. The van der Waals surface area contributed by atoms with Crippen LogP contribution in [0.4, 0.5) is 0 Å². The van der Waals surface area contributed by atoms with Crippen LogP contribution in [0.25, 0.3) is 0 Å². The number of benzene rings is 1. The van der Waals surface area contributed by atoms with E-state index in [-0.39, 0.29) is 28.2 Å². The second-order valence-electron chi connectivity index (χ2n) is 5.28. The molecule has 0 aliphatic heterocycles. The van der Waals surface area contributed by atoms with Gasteiger partial charge >= 0.3 is 5.97 Å². The van der Waals surface area contributed by atoms with Gasteiger partial charge in [0.25, 0.3) is 5.91 Å². The maximum absolute atomic E-state index is 12.7. The van der Waals surface area contributed by atoms with Crippen molar-refractivity contribution in [1.29, 1.82) is 0 Å². The van der Waals surface area contributed by atoms with Crippen LogP contribution in [0, 0.1) is 0 Å². The Morgan fingerprint density at radius 2 is 2.04 bits per heavy atom. The number of amides is 1. The standard InChI is InChI=1S/C17H24ClNO3S/c1-4-7-12(3)22-17(21)13-8-6-9-14(18)15(13)16(20)19(5-2)10-11-23/h6,8-9,12,23H,4-5,7,10-11H2,1-3H3. The number of thiol groups is 1. The Kier molecular flexibility index (Phi) is 8.48. The third-order valence-corrected chi connectivity index (χ3v) is 4.00. The van der Waals surface area contributed by atoms with Gasteiger partial charge in [0.05, 0.1) is 22.3 Å². The quantitative estimate of drug-likeness (QED) is 0.563. The van der Waals surface area contributed by atoms with E-state index in [0.717, 1.165) is 12.8 Å². The number of nitrogens with zero attached hydrogens (tertiary/aromatic N) is 1. The molecule has 128 valence electrons. The second kappa shape index (κ2) is 9.83. The van der Waals surface area contributed by atoms with Crippen molar-refractivity contribution in [3.63, 3.8) is 0 Å². The molecule has 1 aromatic rings. The fourth-order valence-corrected chi connectivity index (χ4v) is 2.80. The molecule has 1 amide bonds. The molecule has 23 heavy (non-hydrogen) atoms. The zero-order valence-electron chi connectivity index (χ0n) is 13.8. The van der Waals surface area contributed by atoms with Gasteiger partial charge in [-0.15, -0.1) is 0 Å². The van der Waals surface area contributed by atoms with Crippen LogP contribution in [0.2, 0.25) is 5.02 Å². The lowest BCUT2D eigenvalue weighted by Gasteiger charge is -2.22. The van der Waals surface area contributed by atoms with E-state index in [9.17, 15) is 9.59 Å². The average molecular weight is 358 g/mol. The van der Waals surface area contributed by atoms with Crippen molar-refractivity contribution in [3.8, 4) is 0 Å². The Bertz CT molecular complexity index is 551. The first-order valence-corrected chi connectivity index (χ1v) is 8.86. The van der Waals surface area contributed by atoms with Crippen LogP contribution in [0.15, 0.2) is 18.2 Å². The third kappa shape index (κ3) is 5.43. The van der Waals surface area contributed by atoms with Gasteiger partial charge in [-0.25, -0.2) is 4.79 Å². The number of rotatable bonds is 8. The van der Waals surface area contributed by atoms with Crippen LogP contribution in [0.3, 0.4) is 0 Å². The van der Waals surface area contributed by atoms with Gasteiger partial charge in [0.2, 0.25) is 0 Å². The second-order valence-corrected chi connectivity index (χ2v) is 6.13. The minimum atomic E-state index is -0.515. The Morgan fingerprint density at radius 1 is 1.35 bits per heavy atom. The maximum atomic E-state index is 12.7. The average Bonchev–Trinajstić information content (AvgIpc) is 2.51. The number of halogens is 1. The summed E-state index contributed by atoms with van der Waals surface area (Å²) in [5.41, 5.74) is 0.412. The van der Waals surface area contributed by atoms with Crippen molar-refractivity contribution in [1.82, 2.24) is 4.90 Å². The Morgan fingerprint density at radius 3 is 2.61 bits per heavy atom. The maximum Gasteiger partial charge on any atom is 0.339 e. The minimum absolute atomic E-state index is 0.200. The summed E-state index contributed by atoms with van der Waals surface area (Å²) in [6, 6.07) is 4.83. The number of ether oxygens (including phenoxy) is 1. The van der Waals surface area contributed by atoms with Gasteiger partial charge in [0, 0.05) is 18.8 Å². The molecule has 0 bridgehead atoms. The van der Waals surface area contributed by atoms with Gasteiger partial charge in [-0.2, -0.15) is 12.6 Å². The summed E-state index contributed by atoms with van der Waals surface area (Å²) < 4.78 is 5.41. The molecule has 0 spiro atoms. The number of hydrogen-bond donors (Lipinski definition) is 1. The minimum Gasteiger partial charge on any atom is -0.459 e. The third-order valence-electron chi connectivity index (χ3n) is 3.49. The summed E-state index contributed by atoms with van der Waals surface area (Å²) in [6.07, 6.45) is 1.49. The predicted octanol–water partition coefficient (Wildman–Crippen LogP) is 4.08. The van der Waals surface area contributed by atoms with E-state index in [2.05, 4.69) is 12.6 Å². The van der Waals surface area contributed by atoms with Crippen molar-refractivity contribution in [2.75, 3.05) is 18.8 Å². The van der Waals surface area contributed by atoms with Crippen molar-refractivity contribution in [2.24, 2.45) is 0 Å². The lowest BCUT2D eigenvalue weighted by atomic mass is 10.1. The summed E-state index contributed by atoms with van der Waals surface area (Å²) in [7, 11) is 0. The van der Waals surface area contributed by atoms with Gasteiger partial charge in [0.15, 0.2) is 0 Å². The predicted molar refractivity (Wildman–Crippen MR) is 96.7 cm³/mol. The van der Waals surface area contributed by atoms with Gasteiger partial charge in [-0.05, 0) is 32.4 Å². The summed E-state index contributed by atoms with van der Waals surface area (Å²) in [4.78, 5) is 26.7. The topological polar surface area (TPSA) is 46.6 Å². The lowest BCUT2D eigenvalue weighted by molar-refractivity contribution is 0.0319. The summed E-state index contributed by atoms with van der Waals surface area (Å²) in [5, 5.41) is 0.255. The molecule has 0 saturated carbocycles. The molecule has 0 fully saturated rings. The molecule has 1 atom stereocenters. The summed E-state index contributed by atoms with van der Waals surface area (Å²) in [5.74, 6) is -0.252. The molecule has 1 rings (SSSR count). The van der Waals surface area contributed by atoms with Crippen LogP contribution in [0.5, 0.6) is 0 Å². The van der Waals surface area contributed by atoms with Gasteiger partial charge in [-0.1, -0.05) is 31.0 Å². The van der Waals surface area contributed by atoms with Crippen LogP contribution in [-0.4, -0.2) is 41.7 Å². The van der Waals surface area contributed by atoms with Gasteiger partial charge < -0.3 is 9.64 Å². The van der Waals surface area contributed by atoms with Crippen LogP contribution in [-0.2, 0) is 4.74 Å². The number of hydrogen-bond acceptors (Lipinski definition) is 4. The molecule has 4 nitrogen and oxygen atoms in total. The Labute approximate surface area is 148 Å². The number of carbonyl (C=O) groups is 2. The number of esters is 1. The van der Waals surface area contributed by atoms with E-state index in [4.69, 9.17) is 16.3 Å². The first kappa shape index (κ1) is 19.8. The highest BCUT2D eigenvalue weighted by Crippen LogP contribution is 2.23. The lowest BCUT2D eigenvalue weighted by Crippen LogP contribution is -2.34. The molecular weight excluding hydrogens is 334 g/mol. The molecule has 0 aliphatic rings. The largest absolute Gasteiger partial charge is 0.459 e. The van der Waals surface area contributed by atoms with Gasteiger partial charge in [0.1, 0.15) is 0 Å². The molecule has 0 aromatic heterocycles. The SMILES string of the molecule is CCCC(C)OC(=O)c1cccc(Cl)c1C(=O)N(CC)CCS. The Hall–Kier alpha value is -1.20. The highest BCUT2D eigenvalue weighted by molar-refractivity contribution is 7.80. The van der Waals surface area contributed by atoms with Gasteiger partial charge in [-0.3, -0.25) is 4.79 Å². The normalized spacial score (nSPS) is 11.9. The highest BCUT2D eigenvalue weighted by atomic mass is 35.5. The van der Waals surface area contributed by atoms with E-state index in [1.54, 1.807) is 23.1 Å². The molecule has 0 N–H and O–H groups in total. The monoisotopic (exact) mass is 357 g/mol. The zero-order chi connectivity index (χ0) is 17.4. The van der Waals surface area contributed by atoms with E-state index in [1.807, 2.05) is 20.8 Å². The molecule has 6 heteroatoms. The molecule has 0 heterocycles. The molecule has 1 aromatic carbocycles. The van der Waals surface area contributed by atoms with E-state index in [0.29, 0.717) is 18.8 Å². The summed E-state index contributed by atoms with van der Waals surface area (Å²) >= 11 is 10.4. The smallest absolute Gasteiger partial charge is 0.339 e. The van der Waals surface area contributed by atoms with Crippen LogP contribution >= 0.6 is 24.2 Å². The van der Waals surface area contributed by atoms with Crippen LogP contribution < -0.4 is 0 Å². The summed E-state index contributed by atoms with van der Waals surface area (Å²) in [6.45, 7) is 6.75. The first-order valence-electron chi connectivity index (χ1n) is 7.85. The molecule has 0 saturated heterocycles. The fourth-order valence-electron chi connectivity index (χ4n) is 2.31. The van der Waals surface area contributed by atoms with Crippen LogP contribution in [0.1, 0.15) is 54.3 Å². The number of carbonyl (C=O) groups excluding carboxylic acids is 2. The highest BCUT2D eigenvalue weighted by Gasteiger charge is 2.25. The molecular formula is C17H24ClNO3S. The van der Waals surface area contributed by atoms with E-state index in [1.165, 1.54) is 0 Å². The van der Waals surface area contributed by atoms with Crippen molar-refractivity contribution >= 4 is 36.1 Å². The molecule has 0 aliphatic carbocycles. The van der Waals surface area contributed by atoms with Crippen molar-refractivity contribution in [3.05, 3.63) is 34.3 Å². The zero-order valence-corrected chi connectivity index (χ0v) is 15.5. The first-order chi connectivity index (χ1) is 11.0. The molecule has 0 radical (unpaired) electrons. The van der Waals surface area contributed by atoms with Crippen molar-refractivity contribution in [2.45, 2.75) is 39.7 Å². The van der Waals surface area contributed by atoms with E-state index < -0.39 is 5.97 Å².